The molecule has 0 aliphatic rings. The van der Waals surface area contributed by atoms with Gasteiger partial charge in [-0.2, -0.15) is 0 Å². The molecule has 0 radical (unpaired) electrons. The molecule has 2 aromatic carbocycles. The summed E-state index contributed by atoms with van der Waals surface area (Å²) in [5.41, 5.74) is -0.375. The van der Waals surface area contributed by atoms with Crippen LogP contribution in [0.2, 0.25) is 10.0 Å². The molecule has 6 heteroatoms. The van der Waals surface area contributed by atoms with Crippen molar-refractivity contribution in [1.82, 2.24) is 0 Å². The Kier molecular flexibility index (Phi) is 4.23. The summed E-state index contributed by atoms with van der Waals surface area (Å²) in [6, 6.07) is 6.01. The Hall–Kier alpha value is -0.970. The van der Waals surface area contributed by atoms with Gasteiger partial charge in [-0.15, -0.1) is 0 Å². The van der Waals surface area contributed by atoms with Gasteiger partial charge in [0.1, 0.15) is 11.6 Å². The van der Waals surface area contributed by atoms with Crippen molar-refractivity contribution in [3.05, 3.63) is 67.6 Å². The predicted molar refractivity (Wildman–Crippen MR) is 74.0 cm³/mol. The SMILES string of the molecule is O=C(c1cc(Cl)c(Br)cc1F)c1cccc(F)c1Cl. The summed E-state index contributed by atoms with van der Waals surface area (Å²) < 4.78 is 27.4. The second-order valence-electron chi connectivity index (χ2n) is 3.68. The van der Waals surface area contributed by atoms with Crippen LogP contribution in [0.3, 0.4) is 0 Å². The fourth-order valence-corrected chi connectivity index (χ4v) is 2.21. The molecule has 19 heavy (non-hydrogen) atoms. The quantitative estimate of drug-likeness (QED) is 0.523. The molecule has 0 fully saturated rings. The van der Waals surface area contributed by atoms with E-state index in [-0.39, 0.29) is 21.2 Å². The van der Waals surface area contributed by atoms with Gasteiger partial charge in [-0.3, -0.25) is 4.79 Å². The van der Waals surface area contributed by atoms with E-state index in [0.717, 1.165) is 12.1 Å². The van der Waals surface area contributed by atoms with Gasteiger partial charge >= 0.3 is 0 Å². The maximum absolute atomic E-state index is 13.8. The molecular weight excluding hydrogens is 361 g/mol. The van der Waals surface area contributed by atoms with Crippen molar-refractivity contribution in [3.8, 4) is 0 Å². The number of carbonyl (C=O) groups excluding carboxylic acids is 1. The lowest BCUT2D eigenvalue weighted by Crippen LogP contribution is -2.06. The van der Waals surface area contributed by atoms with Crippen LogP contribution in [0.25, 0.3) is 0 Å². The van der Waals surface area contributed by atoms with Crippen LogP contribution in [0.5, 0.6) is 0 Å². The van der Waals surface area contributed by atoms with Gasteiger partial charge in [0.2, 0.25) is 0 Å². The third-order valence-corrected chi connectivity index (χ3v) is 4.03. The van der Waals surface area contributed by atoms with Crippen LogP contribution in [0.15, 0.2) is 34.8 Å². The zero-order valence-electron chi connectivity index (χ0n) is 9.18. The van der Waals surface area contributed by atoms with Crippen LogP contribution < -0.4 is 0 Å². The van der Waals surface area contributed by atoms with E-state index in [0.29, 0.717) is 4.47 Å². The first-order chi connectivity index (χ1) is 8.91. The topological polar surface area (TPSA) is 17.1 Å². The fourth-order valence-electron chi connectivity index (χ4n) is 1.52. The minimum absolute atomic E-state index is 0.112. The number of hydrogen-bond donors (Lipinski definition) is 0. The number of benzene rings is 2. The van der Waals surface area contributed by atoms with Gasteiger partial charge in [0.15, 0.2) is 5.78 Å². The van der Waals surface area contributed by atoms with E-state index in [9.17, 15) is 13.6 Å². The summed E-state index contributed by atoms with van der Waals surface area (Å²) in [7, 11) is 0. The van der Waals surface area contributed by atoms with Gasteiger partial charge in [-0.25, -0.2) is 8.78 Å². The van der Waals surface area contributed by atoms with E-state index in [4.69, 9.17) is 23.2 Å². The zero-order valence-corrected chi connectivity index (χ0v) is 12.3. The van der Waals surface area contributed by atoms with Crippen LogP contribution in [0, 0.1) is 11.6 Å². The smallest absolute Gasteiger partial charge is 0.197 e. The number of ketones is 1. The summed E-state index contributed by atoms with van der Waals surface area (Å²) >= 11 is 14.6. The highest BCUT2D eigenvalue weighted by molar-refractivity contribution is 9.10. The number of rotatable bonds is 2. The molecule has 0 spiro atoms. The minimum atomic E-state index is -0.762. The molecule has 0 amide bonds. The predicted octanol–water partition coefficient (Wildman–Crippen LogP) is 5.27. The highest BCUT2D eigenvalue weighted by atomic mass is 79.9. The average molecular weight is 366 g/mol. The normalized spacial score (nSPS) is 10.6. The first kappa shape index (κ1) is 14.4. The Morgan fingerprint density at radius 1 is 1.05 bits per heavy atom. The second-order valence-corrected chi connectivity index (χ2v) is 5.32. The Bertz CT molecular complexity index is 674. The van der Waals surface area contributed by atoms with Gasteiger partial charge in [-0.1, -0.05) is 29.3 Å². The van der Waals surface area contributed by atoms with Crippen LogP contribution >= 0.6 is 39.1 Å². The van der Waals surface area contributed by atoms with Crippen molar-refractivity contribution in [1.29, 1.82) is 0 Å². The first-order valence-electron chi connectivity index (χ1n) is 5.05. The maximum atomic E-state index is 13.8. The van der Waals surface area contributed by atoms with E-state index in [1.165, 1.54) is 18.2 Å². The standard InChI is InChI=1S/C13H5BrCl2F2O/c14-8-5-11(18)7(4-9(8)15)13(19)6-2-1-3-10(17)12(6)16/h1-5H. The lowest BCUT2D eigenvalue weighted by atomic mass is 10.0. The van der Waals surface area contributed by atoms with Crippen molar-refractivity contribution >= 4 is 44.9 Å². The van der Waals surface area contributed by atoms with Crippen molar-refractivity contribution in [2.24, 2.45) is 0 Å². The molecule has 0 aliphatic carbocycles. The largest absolute Gasteiger partial charge is 0.288 e. The summed E-state index contributed by atoms with van der Waals surface area (Å²) in [6.07, 6.45) is 0. The van der Waals surface area contributed by atoms with Crippen molar-refractivity contribution in [3.63, 3.8) is 0 Å². The van der Waals surface area contributed by atoms with Crippen LogP contribution in [0.4, 0.5) is 8.78 Å². The number of carbonyl (C=O) groups is 1. The Labute approximate surface area is 126 Å². The molecule has 0 saturated heterocycles. The van der Waals surface area contributed by atoms with E-state index < -0.39 is 17.4 Å². The Morgan fingerprint density at radius 2 is 1.74 bits per heavy atom. The molecule has 0 bridgehead atoms. The monoisotopic (exact) mass is 364 g/mol. The highest BCUT2D eigenvalue weighted by Gasteiger charge is 2.20. The molecule has 0 unspecified atom stereocenters. The first-order valence-corrected chi connectivity index (χ1v) is 6.60. The number of hydrogen-bond acceptors (Lipinski definition) is 1. The molecule has 98 valence electrons. The molecule has 0 atom stereocenters. The van der Waals surface area contributed by atoms with Crippen molar-refractivity contribution < 1.29 is 13.6 Å². The van der Waals surface area contributed by atoms with Crippen molar-refractivity contribution in [2.75, 3.05) is 0 Å². The van der Waals surface area contributed by atoms with Crippen molar-refractivity contribution in [2.45, 2.75) is 0 Å². The van der Waals surface area contributed by atoms with E-state index in [1.54, 1.807) is 0 Å². The molecule has 2 aromatic rings. The van der Waals surface area contributed by atoms with Gasteiger partial charge < -0.3 is 0 Å². The minimum Gasteiger partial charge on any atom is -0.288 e. The van der Waals surface area contributed by atoms with Gasteiger partial charge in [-0.05, 0) is 40.2 Å². The number of halogens is 5. The molecular formula is C13H5BrCl2F2O. The summed E-state index contributed by atoms with van der Waals surface area (Å²) in [6.45, 7) is 0. The third kappa shape index (κ3) is 2.81. The molecule has 0 N–H and O–H groups in total. The van der Waals surface area contributed by atoms with Gasteiger partial charge in [0.25, 0.3) is 0 Å². The van der Waals surface area contributed by atoms with E-state index in [1.807, 2.05) is 0 Å². The Balaban J connectivity index is 2.56. The average Bonchev–Trinajstić information content (AvgIpc) is 2.36. The van der Waals surface area contributed by atoms with Crippen LogP contribution in [-0.4, -0.2) is 5.78 Å². The summed E-state index contributed by atoms with van der Waals surface area (Å²) in [5.74, 6) is -2.23. The van der Waals surface area contributed by atoms with Gasteiger partial charge in [0, 0.05) is 10.0 Å². The Morgan fingerprint density at radius 3 is 2.42 bits per heavy atom. The van der Waals surface area contributed by atoms with Crippen LogP contribution in [0.1, 0.15) is 15.9 Å². The lowest BCUT2D eigenvalue weighted by Gasteiger charge is -2.07. The lowest BCUT2D eigenvalue weighted by molar-refractivity contribution is 0.103. The molecule has 0 heterocycles. The van der Waals surface area contributed by atoms with E-state index >= 15 is 0 Å². The second kappa shape index (κ2) is 5.57. The summed E-state index contributed by atoms with van der Waals surface area (Å²) in [4.78, 5) is 12.1. The molecule has 0 aromatic heterocycles. The molecule has 1 nitrogen and oxygen atoms in total. The third-order valence-electron chi connectivity index (χ3n) is 2.45. The fraction of sp³-hybridized carbons (Fsp3) is 0. The van der Waals surface area contributed by atoms with Gasteiger partial charge in [0.05, 0.1) is 15.6 Å². The molecule has 2 rings (SSSR count). The van der Waals surface area contributed by atoms with E-state index in [2.05, 4.69) is 15.9 Å². The van der Waals surface area contributed by atoms with Crippen LogP contribution in [-0.2, 0) is 0 Å². The molecule has 0 saturated carbocycles. The summed E-state index contributed by atoms with van der Waals surface area (Å²) in [5, 5.41) is -0.164. The highest BCUT2D eigenvalue weighted by Crippen LogP contribution is 2.29. The zero-order chi connectivity index (χ0) is 14.2. The maximum Gasteiger partial charge on any atom is 0.197 e. The molecule has 0 aliphatic heterocycles.